The highest BCUT2D eigenvalue weighted by Crippen LogP contribution is 2.35. The second-order valence-corrected chi connectivity index (χ2v) is 4.56. The molecule has 2 aromatic rings. The van der Waals surface area contributed by atoms with E-state index in [1.165, 1.54) is 16.9 Å². The minimum atomic E-state index is 0.582. The first kappa shape index (κ1) is 11.0. The van der Waals surface area contributed by atoms with E-state index in [0.29, 0.717) is 11.7 Å². The molecular weight excluding hydrogens is 220 g/mol. The van der Waals surface area contributed by atoms with E-state index < -0.39 is 0 Å². The molecule has 0 unspecified atom stereocenters. The Morgan fingerprint density at radius 1 is 1.44 bits per heavy atom. The topological polar surface area (TPSA) is 48.1 Å². The van der Waals surface area contributed by atoms with Crippen LogP contribution in [0.3, 0.4) is 0 Å². The van der Waals surface area contributed by atoms with E-state index in [-0.39, 0.29) is 0 Å². The maximum absolute atomic E-state index is 5.64. The number of nitrogen functional groups attached to an aromatic ring is 1. The fourth-order valence-electron chi connectivity index (χ4n) is 1.53. The second kappa shape index (κ2) is 4.53. The molecule has 84 valence electrons. The Kier molecular flexibility index (Phi) is 3.10. The molecule has 0 aliphatic heterocycles. The van der Waals surface area contributed by atoms with Gasteiger partial charge in [-0.25, -0.2) is 4.98 Å². The molecule has 0 atom stereocenters. The van der Waals surface area contributed by atoms with Crippen LogP contribution in [-0.2, 0) is 0 Å². The highest BCUT2D eigenvalue weighted by atomic mass is 32.1. The molecular formula is C12H14N2OS. The van der Waals surface area contributed by atoms with Gasteiger partial charge in [-0.1, -0.05) is 23.0 Å². The van der Waals surface area contributed by atoms with Gasteiger partial charge in [0.2, 0.25) is 0 Å². The smallest absolute Gasteiger partial charge is 0.180 e. The summed E-state index contributed by atoms with van der Waals surface area (Å²) in [6.07, 6.45) is 1.79. The number of rotatable bonds is 3. The normalized spacial score (nSPS) is 10.4. The maximum Gasteiger partial charge on any atom is 0.180 e. The molecule has 0 saturated heterocycles. The number of hydrogen-bond donors (Lipinski definition) is 1. The minimum absolute atomic E-state index is 0.582. The highest BCUT2D eigenvalue weighted by Gasteiger charge is 2.09. The summed E-state index contributed by atoms with van der Waals surface area (Å²) in [6.45, 7) is 4.69. The lowest BCUT2D eigenvalue weighted by Crippen LogP contribution is -1.93. The number of nitrogens with two attached hydrogens (primary N) is 1. The van der Waals surface area contributed by atoms with Crippen LogP contribution in [0.5, 0.6) is 5.75 Å². The zero-order valence-electron chi connectivity index (χ0n) is 9.36. The van der Waals surface area contributed by atoms with E-state index in [9.17, 15) is 0 Å². The fraction of sp³-hybridized carbons (Fsp3) is 0.250. The lowest BCUT2D eigenvalue weighted by molar-refractivity contribution is 0.341. The van der Waals surface area contributed by atoms with E-state index in [2.05, 4.69) is 18.0 Å². The lowest BCUT2D eigenvalue weighted by Gasteiger charge is -2.09. The van der Waals surface area contributed by atoms with Gasteiger partial charge in [0.1, 0.15) is 5.75 Å². The van der Waals surface area contributed by atoms with Crippen LogP contribution >= 0.6 is 11.3 Å². The second-order valence-electron chi connectivity index (χ2n) is 3.50. The van der Waals surface area contributed by atoms with Gasteiger partial charge in [-0.2, -0.15) is 0 Å². The van der Waals surface area contributed by atoms with Crippen LogP contribution in [0.2, 0.25) is 0 Å². The number of ether oxygens (including phenoxy) is 1. The number of nitrogens with zero attached hydrogens (tertiary/aromatic N) is 1. The first-order chi connectivity index (χ1) is 7.70. The van der Waals surface area contributed by atoms with Crippen molar-refractivity contribution in [3.05, 3.63) is 30.0 Å². The Labute approximate surface area is 98.9 Å². The van der Waals surface area contributed by atoms with Crippen molar-refractivity contribution in [3.63, 3.8) is 0 Å². The fourth-order valence-corrected chi connectivity index (χ4v) is 2.24. The van der Waals surface area contributed by atoms with Crippen LogP contribution < -0.4 is 10.5 Å². The summed E-state index contributed by atoms with van der Waals surface area (Å²) in [5, 5.41) is 0.582. The van der Waals surface area contributed by atoms with Crippen molar-refractivity contribution in [2.45, 2.75) is 13.8 Å². The third-order valence-electron chi connectivity index (χ3n) is 2.22. The van der Waals surface area contributed by atoms with Crippen LogP contribution in [-0.4, -0.2) is 11.6 Å². The van der Waals surface area contributed by atoms with Gasteiger partial charge < -0.3 is 10.5 Å². The summed E-state index contributed by atoms with van der Waals surface area (Å²) in [4.78, 5) is 5.11. The molecule has 0 fully saturated rings. The van der Waals surface area contributed by atoms with Gasteiger partial charge in [-0.15, -0.1) is 0 Å². The molecule has 0 amide bonds. The number of benzene rings is 1. The number of thiazole rings is 1. The number of aromatic nitrogens is 1. The van der Waals surface area contributed by atoms with E-state index >= 15 is 0 Å². The Bertz CT molecular complexity index is 494. The standard InChI is InChI=1S/C12H14N2OS/c1-3-15-10-5-4-8(2)6-9(10)11-7-14-12(13)16-11/h4-7H,3H2,1-2H3,(H2,13,14). The molecule has 0 spiro atoms. The first-order valence-corrected chi connectivity index (χ1v) is 5.97. The van der Waals surface area contributed by atoms with Crippen LogP contribution in [0, 0.1) is 6.92 Å². The monoisotopic (exact) mass is 234 g/mol. The van der Waals surface area contributed by atoms with Gasteiger partial charge in [0, 0.05) is 11.8 Å². The molecule has 2 N–H and O–H groups in total. The quantitative estimate of drug-likeness (QED) is 0.887. The molecule has 4 heteroatoms. The van der Waals surface area contributed by atoms with Crippen LogP contribution in [0.1, 0.15) is 12.5 Å². The molecule has 3 nitrogen and oxygen atoms in total. The predicted molar refractivity (Wildman–Crippen MR) is 67.9 cm³/mol. The Hall–Kier alpha value is -1.55. The van der Waals surface area contributed by atoms with Gasteiger partial charge in [-0.05, 0) is 26.0 Å². The van der Waals surface area contributed by atoms with Crippen LogP contribution in [0.4, 0.5) is 5.13 Å². The van der Waals surface area contributed by atoms with E-state index in [4.69, 9.17) is 10.5 Å². The number of anilines is 1. The summed E-state index contributed by atoms with van der Waals surface area (Å²) in [6, 6.07) is 6.13. The third kappa shape index (κ3) is 2.17. The molecule has 0 radical (unpaired) electrons. The molecule has 0 aliphatic carbocycles. The molecule has 1 aromatic heterocycles. The van der Waals surface area contributed by atoms with Gasteiger partial charge >= 0.3 is 0 Å². The number of aryl methyl sites for hydroxylation is 1. The largest absolute Gasteiger partial charge is 0.493 e. The predicted octanol–water partition coefficient (Wildman–Crippen LogP) is 3.10. The van der Waals surface area contributed by atoms with Gasteiger partial charge in [0.05, 0.1) is 11.5 Å². The minimum Gasteiger partial charge on any atom is -0.493 e. The molecule has 0 aliphatic rings. The Morgan fingerprint density at radius 2 is 2.25 bits per heavy atom. The summed E-state index contributed by atoms with van der Waals surface area (Å²) in [5.74, 6) is 0.886. The molecule has 1 aromatic carbocycles. The Morgan fingerprint density at radius 3 is 2.88 bits per heavy atom. The van der Waals surface area contributed by atoms with E-state index in [1.54, 1.807) is 6.20 Å². The zero-order chi connectivity index (χ0) is 11.5. The zero-order valence-corrected chi connectivity index (χ0v) is 10.2. The van der Waals surface area contributed by atoms with Crippen molar-refractivity contribution in [2.75, 3.05) is 12.3 Å². The van der Waals surface area contributed by atoms with Crippen molar-refractivity contribution in [1.29, 1.82) is 0 Å². The molecule has 0 bridgehead atoms. The highest BCUT2D eigenvalue weighted by molar-refractivity contribution is 7.18. The molecule has 16 heavy (non-hydrogen) atoms. The summed E-state index contributed by atoms with van der Waals surface area (Å²) in [7, 11) is 0. The summed E-state index contributed by atoms with van der Waals surface area (Å²) < 4.78 is 5.59. The van der Waals surface area contributed by atoms with Crippen molar-refractivity contribution >= 4 is 16.5 Å². The van der Waals surface area contributed by atoms with E-state index in [1.807, 2.05) is 19.1 Å². The molecule has 1 heterocycles. The van der Waals surface area contributed by atoms with Crippen LogP contribution in [0.15, 0.2) is 24.4 Å². The average molecular weight is 234 g/mol. The third-order valence-corrected chi connectivity index (χ3v) is 3.08. The van der Waals surface area contributed by atoms with Gasteiger partial charge in [0.25, 0.3) is 0 Å². The van der Waals surface area contributed by atoms with Gasteiger partial charge in [0.15, 0.2) is 5.13 Å². The van der Waals surface area contributed by atoms with Crippen molar-refractivity contribution in [3.8, 4) is 16.2 Å². The van der Waals surface area contributed by atoms with Crippen LogP contribution in [0.25, 0.3) is 10.4 Å². The Balaban J connectivity index is 2.48. The van der Waals surface area contributed by atoms with Crippen molar-refractivity contribution < 1.29 is 4.74 Å². The van der Waals surface area contributed by atoms with E-state index in [0.717, 1.165) is 16.2 Å². The van der Waals surface area contributed by atoms with Crippen molar-refractivity contribution in [1.82, 2.24) is 4.98 Å². The summed E-state index contributed by atoms with van der Waals surface area (Å²) >= 11 is 1.48. The maximum atomic E-state index is 5.64. The molecule has 0 saturated carbocycles. The van der Waals surface area contributed by atoms with Crippen molar-refractivity contribution in [2.24, 2.45) is 0 Å². The van der Waals surface area contributed by atoms with Gasteiger partial charge in [-0.3, -0.25) is 0 Å². The first-order valence-electron chi connectivity index (χ1n) is 5.16. The molecule has 2 rings (SSSR count). The SMILES string of the molecule is CCOc1ccc(C)cc1-c1cnc(N)s1. The summed E-state index contributed by atoms with van der Waals surface area (Å²) in [5.41, 5.74) is 7.91. The average Bonchev–Trinajstić information content (AvgIpc) is 2.68. The number of hydrogen-bond acceptors (Lipinski definition) is 4. The lowest BCUT2D eigenvalue weighted by atomic mass is 10.1.